The molecule has 1 N–H and O–H groups in total. The summed E-state index contributed by atoms with van der Waals surface area (Å²) >= 11 is 0. The number of carbonyl (C=O) groups excluding carboxylic acids is 1. The first-order valence-electron chi connectivity index (χ1n) is 8.08. The van der Waals surface area contributed by atoms with Crippen LogP contribution in [0.3, 0.4) is 0 Å². The Morgan fingerprint density at radius 1 is 1.52 bits per heavy atom. The Morgan fingerprint density at radius 2 is 2.35 bits per heavy atom. The fourth-order valence-corrected chi connectivity index (χ4v) is 4.23. The summed E-state index contributed by atoms with van der Waals surface area (Å²) in [7, 11) is -3.08. The number of aromatic nitrogens is 1. The summed E-state index contributed by atoms with van der Waals surface area (Å²) in [6, 6.07) is 3.92. The largest absolute Gasteiger partial charge is 0.356 e. The van der Waals surface area contributed by atoms with E-state index in [0.717, 1.165) is 24.8 Å². The summed E-state index contributed by atoms with van der Waals surface area (Å²) in [6.07, 6.45) is 7.43. The number of hydrogen-bond acceptors (Lipinski definition) is 4. The summed E-state index contributed by atoms with van der Waals surface area (Å²) in [4.78, 5) is 16.2. The van der Waals surface area contributed by atoms with E-state index in [9.17, 15) is 13.2 Å². The van der Waals surface area contributed by atoms with Gasteiger partial charge in [0.1, 0.15) is 0 Å². The molecule has 1 amide bonds. The molecule has 0 radical (unpaired) electrons. The number of rotatable bonds is 6. The molecule has 3 rings (SSSR count). The highest BCUT2D eigenvalue weighted by atomic mass is 32.2. The molecule has 1 aliphatic heterocycles. The molecule has 1 saturated heterocycles. The van der Waals surface area contributed by atoms with Crippen molar-refractivity contribution in [3.8, 4) is 0 Å². The van der Waals surface area contributed by atoms with Gasteiger partial charge in [-0.15, -0.1) is 0 Å². The van der Waals surface area contributed by atoms with E-state index in [1.165, 1.54) is 10.6 Å². The van der Waals surface area contributed by atoms with Crippen LogP contribution in [-0.2, 0) is 14.8 Å². The molecule has 0 bridgehead atoms. The van der Waals surface area contributed by atoms with Gasteiger partial charge in [0.25, 0.3) is 0 Å². The Bertz CT molecular complexity index is 668. The van der Waals surface area contributed by atoms with Crippen molar-refractivity contribution in [3.63, 3.8) is 0 Å². The Hall–Kier alpha value is -1.47. The zero-order chi connectivity index (χ0) is 16.4. The summed E-state index contributed by atoms with van der Waals surface area (Å²) in [5.41, 5.74) is 1.13. The second-order valence-corrected chi connectivity index (χ2v) is 8.57. The molecule has 3 atom stereocenters. The molecule has 0 aromatic carbocycles. The van der Waals surface area contributed by atoms with E-state index >= 15 is 0 Å². The zero-order valence-corrected chi connectivity index (χ0v) is 14.1. The second-order valence-electron chi connectivity index (χ2n) is 6.59. The van der Waals surface area contributed by atoms with Crippen LogP contribution in [0.1, 0.15) is 32.2 Å². The van der Waals surface area contributed by atoms with Crippen LogP contribution < -0.4 is 5.32 Å². The fourth-order valence-electron chi connectivity index (χ4n) is 3.31. The minimum atomic E-state index is -3.08. The molecule has 0 spiro atoms. The van der Waals surface area contributed by atoms with Gasteiger partial charge in [0.2, 0.25) is 15.9 Å². The predicted octanol–water partition coefficient (Wildman–Crippen LogP) is 1.22. The summed E-state index contributed by atoms with van der Waals surface area (Å²) in [5.74, 6) is 0.821. The summed E-state index contributed by atoms with van der Waals surface area (Å²) < 4.78 is 24.5. The van der Waals surface area contributed by atoms with Crippen molar-refractivity contribution in [2.75, 3.05) is 25.9 Å². The van der Waals surface area contributed by atoms with Crippen molar-refractivity contribution in [2.24, 2.45) is 11.8 Å². The van der Waals surface area contributed by atoms with Crippen LogP contribution in [0.25, 0.3) is 0 Å². The minimum absolute atomic E-state index is 0. The Kier molecular flexibility index (Phi) is 4.68. The predicted molar refractivity (Wildman–Crippen MR) is 89.3 cm³/mol. The van der Waals surface area contributed by atoms with Gasteiger partial charge in [0.05, 0.1) is 6.26 Å². The molecule has 2 heterocycles. The van der Waals surface area contributed by atoms with Crippen LogP contribution in [0, 0.1) is 11.8 Å². The van der Waals surface area contributed by atoms with E-state index < -0.39 is 10.0 Å². The number of sulfonamides is 1. The van der Waals surface area contributed by atoms with Crippen LogP contribution in [0.2, 0.25) is 0 Å². The number of amides is 1. The Balaban J connectivity index is 0.00000208. The number of carbonyl (C=O) groups is 1. The zero-order valence-electron chi connectivity index (χ0n) is 13.3. The van der Waals surface area contributed by atoms with Gasteiger partial charge in [-0.2, -0.15) is 0 Å². The maximum atomic E-state index is 12.1. The third-order valence-corrected chi connectivity index (χ3v) is 6.08. The third-order valence-electron chi connectivity index (χ3n) is 4.81. The monoisotopic (exact) mass is 339 g/mol. The lowest BCUT2D eigenvalue weighted by atomic mass is 10.1. The van der Waals surface area contributed by atoms with Crippen LogP contribution in [0.5, 0.6) is 0 Å². The highest BCUT2D eigenvalue weighted by Gasteiger charge is 2.43. The standard InChI is InChI=1S/C16H23N3O3S.H2/c1-23(21,22)19-8-5-12(11-19)4-7-18-16(20)15-9-14(15)13-3-2-6-17-10-13;/h2-3,6,10,12,14-15H,4-5,7-9,11H2,1H3,(H,18,20);1H. The minimum Gasteiger partial charge on any atom is -0.356 e. The molecular weight excluding hydrogens is 314 g/mol. The summed E-state index contributed by atoms with van der Waals surface area (Å²) in [6.45, 7) is 1.80. The molecule has 1 aromatic rings. The normalized spacial score (nSPS) is 27.8. The maximum Gasteiger partial charge on any atom is 0.223 e. The van der Waals surface area contributed by atoms with E-state index in [2.05, 4.69) is 10.3 Å². The van der Waals surface area contributed by atoms with Crippen molar-refractivity contribution >= 4 is 15.9 Å². The maximum absolute atomic E-state index is 12.1. The molecule has 1 aromatic heterocycles. The second kappa shape index (κ2) is 6.57. The van der Waals surface area contributed by atoms with Crippen LogP contribution in [0.4, 0.5) is 0 Å². The van der Waals surface area contributed by atoms with Crippen LogP contribution in [-0.4, -0.2) is 49.5 Å². The average molecular weight is 339 g/mol. The van der Waals surface area contributed by atoms with Gasteiger partial charge in [0.15, 0.2) is 0 Å². The lowest BCUT2D eigenvalue weighted by molar-refractivity contribution is -0.122. The summed E-state index contributed by atoms with van der Waals surface area (Å²) in [5, 5.41) is 3.00. The molecular formula is C16H25N3O3S. The van der Waals surface area contributed by atoms with Gasteiger partial charge in [-0.05, 0) is 42.7 Å². The number of pyridine rings is 1. The first kappa shape index (κ1) is 16.4. The van der Waals surface area contributed by atoms with Crippen molar-refractivity contribution in [1.82, 2.24) is 14.6 Å². The first-order chi connectivity index (χ1) is 10.9. The molecule has 1 saturated carbocycles. The van der Waals surface area contributed by atoms with Gasteiger partial charge in [-0.1, -0.05) is 6.07 Å². The highest BCUT2D eigenvalue weighted by molar-refractivity contribution is 7.88. The van der Waals surface area contributed by atoms with Gasteiger partial charge in [0, 0.05) is 39.4 Å². The Morgan fingerprint density at radius 3 is 3.00 bits per heavy atom. The third kappa shape index (κ3) is 4.09. The quantitative estimate of drug-likeness (QED) is 0.845. The first-order valence-corrected chi connectivity index (χ1v) is 9.92. The van der Waals surface area contributed by atoms with E-state index in [4.69, 9.17) is 0 Å². The molecule has 2 aliphatic rings. The topological polar surface area (TPSA) is 79.4 Å². The van der Waals surface area contributed by atoms with Crippen molar-refractivity contribution in [3.05, 3.63) is 30.1 Å². The fraction of sp³-hybridized carbons (Fsp3) is 0.625. The van der Waals surface area contributed by atoms with E-state index in [0.29, 0.717) is 31.5 Å². The van der Waals surface area contributed by atoms with Gasteiger partial charge in [-0.25, -0.2) is 12.7 Å². The van der Waals surface area contributed by atoms with Crippen molar-refractivity contribution in [2.45, 2.75) is 25.2 Å². The molecule has 6 nitrogen and oxygen atoms in total. The van der Waals surface area contributed by atoms with Crippen LogP contribution in [0.15, 0.2) is 24.5 Å². The number of nitrogens with one attached hydrogen (secondary N) is 1. The van der Waals surface area contributed by atoms with E-state index in [1.807, 2.05) is 18.3 Å². The van der Waals surface area contributed by atoms with Crippen LogP contribution >= 0.6 is 0 Å². The SMILES string of the molecule is CS(=O)(=O)N1CCC(CCNC(=O)C2CC2c2cccnc2)C1.[HH]. The molecule has 23 heavy (non-hydrogen) atoms. The lowest BCUT2D eigenvalue weighted by Gasteiger charge is -2.13. The molecule has 128 valence electrons. The van der Waals surface area contributed by atoms with E-state index in [-0.39, 0.29) is 13.3 Å². The average Bonchev–Trinajstić information content (AvgIpc) is 3.18. The highest BCUT2D eigenvalue weighted by Crippen LogP contribution is 2.47. The van der Waals surface area contributed by atoms with Crippen molar-refractivity contribution < 1.29 is 14.6 Å². The molecule has 7 heteroatoms. The van der Waals surface area contributed by atoms with Gasteiger partial charge in [-0.3, -0.25) is 9.78 Å². The van der Waals surface area contributed by atoms with Crippen molar-refractivity contribution in [1.29, 1.82) is 0 Å². The molecule has 2 fully saturated rings. The molecule has 3 unspecified atom stereocenters. The molecule has 1 aliphatic carbocycles. The smallest absolute Gasteiger partial charge is 0.223 e. The number of nitrogens with zero attached hydrogens (tertiary/aromatic N) is 2. The van der Waals surface area contributed by atoms with Gasteiger partial charge >= 0.3 is 0 Å². The lowest BCUT2D eigenvalue weighted by Crippen LogP contribution is -2.30. The number of hydrogen-bond donors (Lipinski definition) is 1. The van der Waals surface area contributed by atoms with Gasteiger partial charge < -0.3 is 5.32 Å². The van der Waals surface area contributed by atoms with E-state index in [1.54, 1.807) is 6.20 Å². The Labute approximate surface area is 138 Å².